The number of rotatable bonds is 4. The Morgan fingerprint density at radius 3 is 2.31 bits per heavy atom. The summed E-state index contributed by atoms with van der Waals surface area (Å²) in [5.41, 5.74) is 4.23. The molecule has 1 saturated heterocycles. The largest absolute Gasteiger partial charge is 0.337 e. The molecule has 3 aromatic rings. The third kappa shape index (κ3) is 3.76. The molecule has 158 valence electrons. The van der Waals surface area contributed by atoms with Gasteiger partial charge in [0.25, 0.3) is 5.91 Å². The zero-order valence-electron chi connectivity index (χ0n) is 17.6. The highest BCUT2D eigenvalue weighted by atomic mass is 32.2. The molecule has 0 aliphatic carbocycles. The van der Waals surface area contributed by atoms with E-state index < -0.39 is 0 Å². The summed E-state index contributed by atoms with van der Waals surface area (Å²) >= 11 is 3.06. The molecule has 0 N–H and O–H groups in total. The van der Waals surface area contributed by atoms with Crippen LogP contribution in [0.2, 0.25) is 0 Å². The highest BCUT2D eigenvalue weighted by molar-refractivity contribution is 8.19. The molecular weight excluding hydrogens is 434 g/mol. The number of hydrogen-bond acceptors (Lipinski definition) is 5. The van der Waals surface area contributed by atoms with E-state index >= 15 is 0 Å². The first-order valence-corrected chi connectivity index (χ1v) is 11.9. The van der Waals surface area contributed by atoms with Crippen LogP contribution in [0.3, 0.4) is 0 Å². The number of para-hydroxylation sites is 1. The number of thioether (sulfide) groups is 2. The molecule has 4 nitrogen and oxygen atoms in total. The van der Waals surface area contributed by atoms with Crippen molar-refractivity contribution in [2.24, 2.45) is 4.99 Å². The van der Waals surface area contributed by atoms with Crippen LogP contribution in [-0.4, -0.2) is 29.6 Å². The minimum absolute atomic E-state index is 0.0308. The van der Waals surface area contributed by atoms with Crippen molar-refractivity contribution in [3.63, 3.8) is 0 Å². The third-order valence-corrected chi connectivity index (χ3v) is 7.74. The summed E-state index contributed by atoms with van der Waals surface area (Å²) < 4.78 is 0. The van der Waals surface area contributed by atoms with Crippen molar-refractivity contribution in [2.45, 2.75) is 4.90 Å². The molecule has 0 bridgehead atoms. The Hall–Kier alpha value is -3.22. The van der Waals surface area contributed by atoms with Crippen LogP contribution in [0.5, 0.6) is 0 Å². The number of carbonyl (C=O) groups is 1. The average molecular weight is 456 g/mol. The van der Waals surface area contributed by atoms with Gasteiger partial charge >= 0.3 is 0 Å². The standard InChI is InChI=1S/C26H21N3OS2/c1-3-17-29-24(30)23(25-28(2)21-11-7-8-12-22(21)31-25)32-26(29)27-20-15-13-19(14-16-20)18-9-5-4-6-10-18/h3-16H,1,17H2,2H3/b25-23-,27-26?. The molecule has 6 heteroatoms. The molecule has 0 aromatic heterocycles. The highest BCUT2D eigenvalue weighted by Gasteiger charge is 2.38. The van der Waals surface area contributed by atoms with Gasteiger partial charge in [-0.2, -0.15) is 0 Å². The maximum Gasteiger partial charge on any atom is 0.269 e. The number of benzene rings is 3. The van der Waals surface area contributed by atoms with Gasteiger partial charge < -0.3 is 4.90 Å². The second-order valence-corrected chi connectivity index (χ2v) is 9.39. The lowest BCUT2D eigenvalue weighted by atomic mass is 10.1. The van der Waals surface area contributed by atoms with E-state index in [9.17, 15) is 4.79 Å². The van der Waals surface area contributed by atoms with Gasteiger partial charge in [0.1, 0.15) is 4.91 Å². The van der Waals surface area contributed by atoms with Crippen LogP contribution in [0, 0.1) is 0 Å². The molecular formula is C26H21N3OS2. The first-order chi connectivity index (χ1) is 15.7. The van der Waals surface area contributed by atoms with Gasteiger partial charge in [0, 0.05) is 18.5 Å². The first-order valence-electron chi connectivity index (χ1n) is 10.3. The predicted molar refractivity (Wildman–Crippen MR) is 136 cm³/mol. The van der Waals surface area contributed by atoms with Gasteiger partial charge in [0.2, 0.25) is 0 Å². The van der Waals surface area contributed by atoms with Crippen molar-refractivity contribution >= 4 is 46.0 Å². The van der Waals surface area contributed by atoms with E-state index in [1.54, 1.807) is 22.7 Å². The molecule has 1 amide bonds. The number of anilines is 1. The molecule has 2 aliphatic rings. The summed E-state index contributed by atoms with van der Waals surface area (Å²) in [7, 11) is 2.00. The number of amidine groups is 1. The molecule has 5 rings (SSSR count). The van der Waals surface area contributed by atoms with Crippen LogP contribution >= 0.6 is 23.5 Å². The van der Waals surface area contributed by atoms with Crippen molar-refractivity contribution in [2.75, 3.05) is 18.5 Å². The second-order valence-electron chi connectivity index (χ2n) is 7.38. The van der Waals surface area contributed by atoms with Crippen molar-refractivity contribution in [1.29, 1.82) is 0 Å². The van der Waals surface area contributed by atoms with E-state index in [1.807, 2.05) is 49.5 Å². The fourth-order valence-corrected chi connectivity index (χ4v) is 6.03. The zero-order valence-corrected chi connectivity index (χ0v) is 19.2. The summed E-state index contributed by atoms with van der Waals surface area (Å²) in [5, 5.41) is 1.62. The monoisotopic (exact) mass is 455 g/mol. The van der Waals surface area contributed by atoms with E-state index in [-0.39, 0.29) is 5.91 Å². The lowest BCUT2D eigenvalue weighted by Crippen LogP contribution is -2.29. The van der Waals surface area contributed by atoms with Crippen LogP contribution < -0.4 is 4.90 Å². The molecule has 0 radical (unpaired) electrons. The summed E-state index contributed by atoms with van der Waals surface area (Å²) in [5.74, 6) is -0.0308. The highest BCUT2D eigenvalue weighted by Crippen LogP contribution is 2.49. The van der Waals surface area contributed by atoms with Crippen LogP contribution in [0.4, 0.5) is 11.4 Å². The Kier molecular flexibility index (Phi) is 5.64. The topological polar surface area (TPSA) is 35.9 Å². The van der Waals surface area contributed by atoms with E-state index in [4.69, 9.17) is 4.99 Å². The Labute approximate surface area is 196 Å². The van der Waals surface area contributed by atoms with E-state index in [2.05, 4.69) is 47.9 Å². The molecule has 1 fully saturated rings. The number of carbonyl (C=O) groups excluding carboxylic acids is 1. The van der Waals surface area contributed by atoms with Gasteiger partial charge in [-0.05, 0) is 47.2 Å². The number of hydrogen-bond donors (Lipinski definition) is 0. The number of nitrogens with zero attached hydrogens (tertiary/aromatic N) is 3. The van der Waals surface area contributed by atoms with E-state index in [0.717, 1.165) is 26.9 Å². The molecule has 0 saturated carbocycles. The molecule has 2 aliphatic heterocycles. The van der Waals surface area contributed by atoms with Gasteiger partial charge in [-0.25, -0.2) is 4.99 Å². The first kappa shape index (κ1) is 20.7. The van der Waals surface area contributed by atoms with Crippen molar-refractivity contribution < 1.29 is 4.79 Å². The van der Waals surface area contributed by atoms with E-state index in [0.29, 0.717) is 16.6 Å². The lowest BCUT2D eigenvalue weighted by molar-refractivity contribution is -0.121. The van der Waals surface area contributed by atoms with Gasteiger partial charge in [-0.3, -0.25) is 9.69 Å². The van der Waals surface area contributed by atoms with Crippen molar-refractivity contribution in [3.05, 3.63) is 101 Å². The van der Waals surface area contributed by atoms with E-state index in [1.165, 1.54) is 17.3 Å². The van der Waals surface area contributed by atoms with Crippen LogP contribution in [0.25, 0.3) is 11.1 Å². The quantitative estimate of drug-likeness (QED) is 0.332. The Morgan fingerprint density at radius 1 is 0.906 bits per heavy atom. The molecule has 0 spiro atoms. The number of fused-ring (bicyclic) bond motifs is 1. The summed E-state index contributed by atoms with van der Waals surface area (Å²) in [6.07, 6.45) is 1.74. The zero-order chi connectivity index (χ0) is 22.1. The number of amides is 1. The summed E-state index contributed by atoms with van der Waals surface area (Å²) in [6, 6.07) is 26.5. The van der Waals surface area contributed by atoms with Gasteiger partial charge in [0.15, 0.2) is 5.17 Å². The smallest absolute Gasteiger partial charge is 0.269 e. The molecule has 0 atom stereocenters. The fraction of sp³-hybridized carbons (Fsp3) is 0.0769. The number of aliphatic imine (C=N–C) groups is 1. The average Bonchev–Trinajstić information content (AvgIpc) is 3.32. The second kappa shape index (κ2) is 8.73. The Balaban J connectivity index is 1.47. The minimum atomic E-state index is -0.0308. The normalized spacial score (nSPS) is 19.0. The minimum Gasteiger partial charge on any atom is -0.337 e. The fourth-order valence-electron chi connectivity index (χ4n) is 3.68. The summed E-state index contributed by atoms with van der Waals surface area (Å²) in [6.45, 7) is 4.25. The van der Waals surface area contributed by atoms with Crippen LogP contribution in [0.1, 0.15) is 0 Å². The SMILES string of the molecule is C=CCN1C(=O)/C(=C2/Sc3ccccc3N2C)SC1=Nc1ccc(-c2ccccc2)cc1. The van der Waals surface area contributed by atoms with Gasteiger partial charge in [-0.1, -0.05) is 72.4 Å². The van der Waals surface area contributed by atoms with Crippen LogP contribution in [0.15, 0.2) is 111 Å². The molecule has 0 unspecified atom stereocenters. The Morgan fingerprint density at radius 2 is 1.59 bits per heavy atom. The maximum atomic E-state index is 13.3. The van der Waals surface area contributed by atoms with Gasteiger partial charge in [-0.15, -0.1) is 6.58 Å². The molecule has 2 heterocycles. The van der Waals surface area contributed by atoms with Crippen LogP contribution in [-0.2, 0) is 4.79 Å². The Bertz CT molecular complexity index is 1250. The maximum absolute atomic E-state index is 13.3. The predicted octanol–water partition coefficient (Wildman–Crippen LogP) is 6.51. The van der Waals surface area contributed by atoms with Crippen molar-refractivity contribution in [3.8, 4) is 11.1 Å². The molecule has 32 heavy (non-hydrogen) atoms. The third-order valence-electron chi connectivity index (χ3n) is 5.31. The van der Waals surface area contributed by atoms with Crippen molar-refractivity contribution in [1.82, 2.24) is 4.90 Å². The lowest BCUT2D eigenvalue weighted by Gasteiger charge is -2.15. The molecule has 3 aromatic carbocycles. The van der Waals surface area contributed by atoms with Gasteiger partial charge in [0.05, 0.1) is 16.4 Å². The summed E-state index contributed by atoms with van der Waals surface area (Å²) in [4.78, 5) is 23.8.